The van der Waals surface area contributed by atoms with E-state index in [9.17, 15) is 32.7 Å². The van der Waals surface area contributed by atoms with Gasteiger partial charge in [0.15, 0.2) is 5.69 Å². The van der Waals surface area contributed by atoms with Gasteiger partial charge in [-0.1, -0.05) is 6.07 Å². The van der Waals surface area contributed by atoms with Gasteiger partial charge in [-0.05, 0) is 43.5 Å². The van der Waals surface area contributed by atoms with Gasteiger partial charge < -0.3 is 25.4 Å². The van der Waals surface area contributed by atoms with Gasteiger partial charge in [-0.25, -0.2) is 14.8 Å². The summed E-state index contributed by atoms with van der Waals surface area (Å²) >= 11 is 0.769. The van der Waals surface area contributed by atoms with E-state index in [0.29, 0.717) is 23.2 Å². The molecule has 5 rings (SSSR count). The predicted molar refractivity (Wildman–Crippen MR) is 154 cm³/mol. The summed E-state index contributed by atoms with van der Waals surface area (Å²) in [5.41, 5.74) is -0.211. The van der Waals surface area contributed by atoms with Crippen molar-refractivity contribution in [2.24, 2.45) is 0 Å². The Morgan fingerprint density at radius 1 is 1.19 bits per heavy atom. The molecule has 3 amide bonds. The van der Waals surface area contributed by atoms with E-state index in [1.54, 1.807) is 25.1 Å². The molecule has 1 fully saturated rings. The molecule has 0 radical (unpaired) electrons. The van der Waals surface area contributed by atoms with Crippen LogP contribution in [-0.2, 0) is 6.18 Å². The van der Waals surface area contributed by atoms with Crippen LogP contribution < -0.4 is 21.4 Å². The summed E-state index contributed by atoms with van der Waals surface area (Å²) in [5.74, 6) is -0.640. The number of rotatable bonds is 9. The molecule has 1 atom stereocenters. The van der Waals surface area contributed by atoms with Gasteiger partial charge in [0.2, 0.25) is 5.43 Å². The maximum atomic E-state index is 13.6. The lowest BCUT2D eigenvalue weighted by atomic mass is 9.99. The summed E-state index contributed by atoms with van der Waals surface area (Å²) in [7, 11) is 0. The van der Waals surface area contributed by atoms with E-state index >= 15 is 0 Å². The number of aliphatic hydroxyl groups excluding tert-OH is 2. The summed E-state index contributed by atoms with van der Waals surface area (Å²) < 4.78 is 42.0. The first-order chi connectivity index (χ1) is 20.5. The first-order valence-electron chi connectivity index (χ1n) is 13.3. The molecule has 5 N–H and O–H groups in total. The van der Waals surface area contributed by atoms with Gasteiger partial charge in [-0.2, -0.15) is 13.2 Å². The van der Waals surface area contributed by atoms with Crippen molar-refractivity contribution < 1.29 is 33.0 Å². The highest BCUT2D eigenvalue weighted by Crippen LogP contribution is 2.40. The Morgan fingerprint density at radius 3 is 2.60 bits per heavy atom. The number of nitrogens with zero attached hydrogens (tertiary/aromatic N) is 3. The topological polar surface area (TPSA) is 158 Å². The Hall–Kier alpha value is -4.34. The molecule has 0 saturated heterocycles. The minimum atomic E-state index is -4.66. The van der Waals surface area contributed by atoms with Crippen LogP contribution in [0.5, 0.6) is 0 Å². The van der Waals surface area contributed by atoms with E-state index in [-0.39, 0.29) is 39.9 Å². The Balaban J connectivity index is 1.63. The summed E-state index contributed by atoms with van der Waals surface area (Å²) in [6, 6.07) is 5.89. The molecule has 3 aromatic heterocycles. The number of hydrogen-bond acceptors (Lipinski definition) is 8. The highest BCUT2D eigenvalue weighted by molar-refractivity contribution is 7.13. The molecule has 4 aromatic rings. The maximum absolute atomic E-state index is 13.6. The van der Waals surface area contributed by atoms with Crippen LogP contribution in [0, 0.1) is 0 Å². The third kappa shape index (κ3) is 6.53. The summed E-state index contributed by atoms with van der Waals surface area (Å²) in [6.07, 6.45) is -1.30. The zero-order chi connectivity index (χ0) is 30.9. The number of aliphatic hydroxyl groups is 2. The quantitative estimate of drug-likeness (QED) is 0.192. The third-order valence-corrected chi connectivity index (χ3v) is 7.62. The fraction of sp³-hybridized carbons (Fsp3) is 0.321. The first-order valence-corrected chi connectivity index (χ1v) is 14.2. The van der Waals surface area contributed by atoms with Gasteiger partial charge in [0.1, 0.15) is 16.4 Å². The normalized spacial score (nSPS) is 14.0. The van der Waals surface area contributed by atoms with E-state index in [2.05, 4.69) is 25.9 Å². The van der Waals surface area contributed by atoms with Crippen molar-refractivity contribution in [3.8, 4) is 21.7 Å². The van der Waals surface area contributed by atoms with Crippen LogP contribution in [0.25, 0.3) is 32.6 Å². The second-order valence-corrected chi connectivity index (χ2v) is 10.8. The Morgan fingerprint density at radius 2 is 1.95 bits per heavy atom. The zero-order valence-corrected chi connectivity index (χ0v) is 23.6. The molecule has 226 valence electrons. The highest BCUT2D eigenvalue weighted by atomic mass is 32.1. The number of fused-ring (bicyclic) bond motifs is 1. The van der Waals surface area contributed by atoms with Crippen LogP contribution in [0.1, 0.15) is 41.9 Å². The maximum Gasteiger partial charge on any atom is 0.434 e. The summed E-state index contributed by atoms with van der Waals surface area (Å²) in [6.45, 7) is 1.25. The number of thiazole rings is 1. The van der Waals surface area contributed by atoms with E-state index in [4.69, 9.17) is 5.11 Å². The lowest BCUT2D eigenvalue weighted by Gasteiger charge is -2.16. The third-order valence-electron chi connectivity index (χ3n) is 6.74. The lowest BCUT2D eigenvalue weighted by molar-refractivity contribution is -0.140. The monoisotopic (exact) mass is 616 g/mol. The number of urea groups is 1. The zero-order valence-electron chi connectivity index (χ0n) is 22.7. The van der Waals surface area contributed by atoms with E-state index in [1.165, 1.54) is 18.5 Å². The standard InChI is InChI=1S/C28H27F3N6O5S/c1-2-32-27(42)36-23-8-17(26-35-22(13-43-26)28(29,30)31)19(10-33-23)14-3-6-21-18(7-14)24(40)20(11-37(21)15-4-5-15)25(41)34-9-16(39)12-38/h3,6-8,10-11,13,15-16,38-39H,2,4-5,9,12H2,1H3,(H,34,41)(H2,32,33,36,42). The number of hydrogen-bond donors (Lipinski definition) is 5. The number of alkyl halides is 3. The molecular formula is C28H27F3N6O5S. The van der Waals surface area contributed by atoms with Gasteiger partial charge in [0.25, 0.3) is 5.91 Å². The molecule has 15 heteroatoms. The van der Waals surface area contributed by atoms with Gasteiger partial charge in [0.05, 0.1) is 18.2 Å². The van der Waals surface area contributed by atoms with Gasteiger partial charge in [-0.15, -0.1) is 11.3 Å². The number of carbonyl (C=O) groups excluding carboxylic acids is 2. The van der Waals surface area contributed by atoms with Crippen molar-refractivity contribution >= 4 is 40.0 Å². The highest BCUT2D eigenvalue weighted by Gasteiger charge is 2.34. The van der Waals surface area contributed by atoms with Crippen LogP contribution in [-0.4, -0.2) is 62.5 Å². The van der Waals surface area contributed by atoms with Crippen LogP contribution in [0.3, 0.4) is 0 Å². The van der Waals surface area contributed by atoms with Crippen LogP contribution in [0.2, 0.25) is 0 Å². The average molecular weight is 617 g/mol. The molecule has 43 heavy (non-hydrogen) atoms. The molecule has 1 aliphatic carbocycles. The van der Waals surface area contributed by atoms with Gasteiger partial charge in [0, 0.05) is 53.4 Å². The van der Waals surface area contributed by atoms with E-state index < -0.39 is 41.9 Å². The van der Waals surface area contributed by atoms with Crippen LogP contribution in [0.15, 0.2) is 46.8 Å². The lowest BCUT2D eigenvalue weighted by Crippen LogP contribution is -2.36. The molecule has 1 aliphatic rings. The SMILES string of the molecule is CCNC(=O)Nc1cc(-c2nc(C(F)(F)F)cs2)c(-c2ccc3c(c2)c(=O)c(C(=O)NCC(O)CO)cn3C2CC2)cn1. The number of aromatic nitrogens is 3. The minimum Gasteiger partial charge on any atom is -0.394 e. The van der Waals surface area contributed by atoms with Crippen molar-refractivity contribution in [2.45, 2.75) is 38.1 Å². The number of nitrogens with one attached hydrogen (secondary N) is 3. The molecule has 1 aromatic carbocycles. The minimum absolute atomic E-state index is 0.0229. The molecular weight excluding hydrogens is 589 g/mol. The van der Waals surface area contributed by atoms with E-state index in [0.717, 1.165) is 29.6 Å². The largest absolute Gasteiger partial charge is 0.434 e. The Kier molecular flexibility index (Phi) is 8.48. The fourth-order valence-electron chi connectivity index (χ4n) is 4.49. The van der Waals surface area contributed by atoms with Crippen molar-refractivity contribution in [1.82, 2.24) is 25.2 Å². The Labute approximate surface area is 246 Å². The number of amides is 3. The molecule has 0 bridgehead atoms. The van der Waals surface area contributed by atoms with Crippen LogP contribution in [0.4, 0.5) is 23.8 Å². The fourth-order valence-corrected chi connectivity index (χ4v) is 5.35. The Bertz CT molecular complexity index is 1750. The molecule has 0 aliphatic heterocycles. The van der Waals surface area contributed by atoms with Gasteiger partial charge >= 0.3 is 12.2 Å². The van der Waals surface area contributed by atoms with Gasteiger partial charge in [-0.3, -0.25) is 14.9 Å². The number of carbonyl (C=O) groups is 2. The van der Waals surface area contributed by atoms with Crippen molar-refractivity contribution in [2.75, 3.05) is 25.0 Å². The molecule has 11 nitrogen and oxygen atoms in total. The number of benzene rings is 1. The van der Waals surface area contributed by atoms with E-state index in [1.807, 2.05) is 4.57 Å². The number of pyridine rings is 2. The molecule has 1 saturated carbocycles. The van der Waals surface area contributed by atoms with Crippen LogP contribution >= 0.6 is 11.3 Å². The predicted octanol–water partition coefficient (Wildman–Crippen LogP) is 3.77. The second-order valence-electron chi connectivity index (χ2n) is 9.92. The van der Waals surface area contributed by atoms with Crippen molar-refractivity contribution in [3.05, 3.63) is 63.5 Å². The molecule has 3 heterocycles. The summed E-state index contributed by atoms with van der Waals surface area (Å²) in [5, 5.41) is 27.3. The summed E-state index contributed by atoms with van der Waals surface area (Å²) in [4.78, 5) is 46.6. The first kappa shape index (κ1) is 30.1. The number of halogens is 3. The second kappa shape index (κ2) is 12.1. The van der Waals surface area contributed by atoms with Crippen molar-refractivity contribution in [1.29, 1.82) is 0 Å². The molecule has 1 unspecified atom stereocenters. The number of anilines is 1. The average Bonchev–Trinajstić information content (AvgIpc) is 3.69. The smallest absolute Gasteiger partial charge is 0.394 e. The van der Waals surface area contributed by atoms with Crippen molar-refractivity contribution in [3.63, 3.8) is 0 Å². The molecule has 0 spiro atoms.